The van der Waals surface area contributed by atoms with Gasteiger partial charge in [0.05, 0.1) is 0 Å². The minimum absolute atomic E-state index is 0. The van der Waals surface area contributed by atoms with Crippen LogP contribution in [0.1, 0.15) is 104 Å². The predicted molar refractivity (Wildman–Crippen MR) is 374 cm³/mol. The molecule has 0 fully saturated rings. The van der Waals surface area contributed by atoms with Gasteiger partial charge in [0, 0.05) is 46.8 Å². The number of aliphatic hydroxyl groups excluding tert-OH is 2. The molecule has 4 rings (SSSR count). The molecule has 0 aliphatic rings. The Morgan fingerprint density at radius 3 is 0.434 bits per heavy atom. The molecule has 18 nitrogen and oxygen atoms in total. The van der Waals surface area contributed by atoms with Gasteiger partial charge in [-0.2, -0.15) is 0 Å². The Morgan fingerprint density at radius 2 is 0.421 bits per heavy atom. The van der Waals surface area contributed by atoms with Crippen LogP contribution in [0.2, 0.25) is 0 Å². The number of rotatable bonds is 0. The molecule has 0 atom stereocenters. The number of hydrogen-bond donors (Lipinski definition) is 4. The van der Waals surface area contributed by atoms with E-state index in [-0.39, 0.29) is 33.0 Å². The van der Waals surface area contributed by atoms with Crippen LogP contribution < -0.4 is 0 Å². The van der Waals surface area contributed by atoms with Crippen molar-refractivity contribution in [3.05, 3.63) is 201 Å². The summed E-state index contributed by atoms with van der Waals surface area (Å²) in [5.74, 6) is -1.67. The average molecular weight is 1840 g/mol. The monoisotopic (exact) mass is 1840 g/mol. The van der Waals surface area contributed by atoms with E-state index in [0.29, 0.717) is 9.47 Å². The van der Waals surface area contributed by atoms with Crippen molar-refractivity contribution in [2.75, 3.05) is 45.8 Å². The molecule has 4 aromatic rings. The van der Waals surface area contributed by atoms with Gasteiger partial charge in [0.25, 0.3) is 11.9 Å². The molecule has 0 saturated carbocycles. The maximum atomic E-state index is 9.00. The first-order chi connectivity index (χ1) is 34.8. The Hall–Kier alpha value is -1.11. The molecule has 76 heavy (non-hydrogen) atoms. The number of hydrogen-bond acceptors (Lipinski definition) is 12. The van der Waals surface area contributed by atoms with Gasteiger partial charge in [-0.3, -0.25) is 50.0 Å². The standard InChI is InChI=1S/4C6H6.C2H5I.2C2H4O2.2C2H6O.5C2H6.4CH3NO2.2CH3.5HI.2V/c4*1-2-4-6-5-3-1;1-2-3;2*1-2(3)4;2*1-2-3;5*1-2;4*1-2(3)4;;;;;;;;;/h4*1-6H;2H2,1H3;2*1H3,(H,3,4);2*3H,2H2,1H3;5*1-2H3;4*1H3;2*1H3;5*1H;;/q;;;;;;;;;;;;;;;;;;2*-1;;;;;;+2;+3/p-5. The van der Waals surface area contributed by atoms with Gasteiger partial charge >= 0.3 is 114 Å². The van der Waals surface area contributed by atoms with Gasteiger partial charge in [-0.15, -0.1) is 0 Å². The van der Waals surface area contributed by atoms with Gasteiger partial charge in [-0.25, -0.2) is 0 Å². The zero-order chi connectivity index (χ0) is 62.8. The summed E-state index contributed by atoms with van der Waals surface area (Å²) < 4.78 is 1.22. The van der Waals surface area contributed by atoms with E-state index in [4.69, 9.17) is 70.5 Å². The SMILES string of the molecule is CC.CC.CC.CC.CC.CC(=O)O.CC(=O)O.CCI.CCO.CCO.C[N+](=O)[O-].C[N+](=O)[O-].C[N+](=O)[O-].C[N+](=O)[O-].[CH3-].[CH3-].[I][V]([I])[I].[I][V][I].c1ccccc1.c1ccccc1.c1ccccc1.c1ccccc1. The van der Waals surface area contributed by atoms with Crippen molar-refractivity contribution in [1.82, 2.24) is 0 Å². The van der Waals surface area contributed by atoms with E-state index in [1.54, 1.807) is 13.8 Å². The molecule has 0 heterocycles. The van der Waals surface area contributed by atoms with Crippen LogP contribution in [0.25, 0.3) is 0 Å². The molecule has 0 saturated heterocycles. The van der Waals surface area contributed by atoms with Crippen LogP contribution in [0.15, 0.2) is 146 Å². The van der Waals surface area contributed by atoms with Crippen molar-refractivity contribution < 1.29 is 64.1 Å². The maximum absolute atomic E-state index is 9.00. The Bertz CT molecular complexity index is 1050. The number of carboxylic acid groups (broad SMARTS) is 2. The van der Waals surface area contributed by atoms with Gasteiger partial charge < -0.3 is 35.3 Å². The van der Waals surface area contributed by atoms with Gasteiger partial charge in [0.15, 0.2) is 28.2 Å². The van der Waals surface area contributed by atoms with Crippen LogP contribution in [0.5, 0.6) is 0 Å². The third-order valence-corrected chi connectivity index (χ3v) is 2.67. The van der Waals surface area contributed by atoms with Gasteiger partial charge in [-0.1, -0.05) is 244 Å². The van der Waals surface area contributed by atoms with E-state index < -0.39 is 31.6 Å². The molecule has 26 heteroatoms. The molecule has 0 aliphatic heterocycles. The summed E-state index contributed by atoms with van der Waals surface area (Å²) in [6, 6.07) is 48.0. The number of aliphatic carboxylic acids is 2. The van der Waals surface area contributed by atoms with Gasteiger partial charge in [0.2, 0.25) is 0 Å². The first kappa shape index (κ1) is 126. The molecule has 4 N–H and O–H groups in total. The minimum Gasteiger partial charge on any atom is -0.0623 e. The minimum atomic E-state index is -0.833. The molecule has 0 bridgehead atoms. The summed E-state index contributed by atoms with van der Waals surface area (Å²) in [5.41, 5.74) is 0. The van der Waals surface area contributed by atoms with Crippen LogP contribution in [0.3, 0.4) is 0 Å². The Balaban J connectivity index is -0.0000000294. The topological polar surface area (TPSA) is 288 Å². The van der Waals surface area contributed by atoms with Crippen molar-refractivity contribution in [1.29, 1.82) is 0 Å². The van der Waals surface area contributed by atoms with Gasteiger partial charge in [-0.05, 0) is 18.3 Å². The van der Waals surface area contributed by atoms with Crippen LogP contribution >= 0.6 is 122 Å². The zero-order valence-electron chi connectivity index (χ0n) is 48.8. The molecule has 455 valence electrons. The number of benzene rings is 4. The third kappa shape index (κ3) is 719. The molecular weight excluding hydrogens is 1740 g/mol. The van der Waals surface area contributed by atoms with Crippen molar-refractivity contribution in [3.8, 4) is 0 Å². The number of nitro groups is 4. The maximum Gasteiger partial charge on any atom is -0.0623 e. The summed E-state index contributed by atoms with van der Waals surface area (Å²) in [6.45, 7) is 28.1. The molecule has 4 aromatic carbocycles. The van der Waals surface area contributed by atoms with Gasteiger partial charge in [0.1, 0.15) is 0 Å². The van der Waals surface area contributed by atoms with Crippen LogP contribution in [0.4, 0.5) is 0 Å². The van der Waals surface area contributed by atoms with Crippen LogP contribution in [-0.4, -0.2) is 97.9 Å². The van der Waals surface area contributed by atoms with E-state index in [1.807, 2.05) is 215 Å². The number of carboxylic acids is 2. The third-order valence-electron chi connectivity index (χ3n) is 2.67. The van der Waals surface area contributed by atoms with Crippen LogP contribution in [0, 0.1) is 55.3 Å². The summed E-state index contributed by atoms with van der Waals surface area (Å²) >= 11 is 14.4. The fourth-order valence-corrected chi connectivity index (χ4v) is 1.54. The van der Waals surface area contributed by atoms with Crippen molar-refractivity contribution in [2.24, 2.45) is 0 Å². The average Bonchev–Trinajstić information content (AvgIpc) is 3.35. The molecular formula is C50H97I6N4O14V2-2. The number of carbonyl (C=O) groups is 2. The van der Waals surface area contributed by atoms with E-state index >= 15 is 0 Å². The second kappa shape index (κ2) is 171. The molecule has 0 aliphatic carbocycles. The number of nitrogens with zero attached hydrogens (tertiary/aromatic N) is 4. The first-order valence-corrected chi connectivity index (χ1v) is 46.0. The fourth-order valence-electron chi connectivity index (χ4n) is 1.54. The Morgan fingerprint density at radius 1 is 0.408 bits per heavy atom. The number of halogens is 6. The Kier molecular flexibility index (Phi) is 285. The number of alkyl halides is 1. The summed E-state index contributed by atoms with van der Waals surface area (Å²) in [5, 5.41) is 65.2. The molecule has 0 aromatic heterocycles. The quantitative estimate of drug-likeness (QED) is 0.0419. The molecule has 0 radical (unpaired) electrons. The summed E-state index contributed by atoms with van der Waals surface area (Å²) in [7, 11) is 4.18. The second-order valence-corrected chi connectivity index (χ2v) is 57.3. The first-order valence-electron chi connectivity index (χ1n) is 22.0. The second-order valence-electron chi connectivity index (χ2n) is 8.57. The summed E-state index contributed by atoms with van der Waals surface area (Å²) in [6.07, 6.45) is 0. The van der Waals surface area contributed by atoms with Crippen molar-refractivity contribution >= 4 is 134 Å². The summed E-state index contributed by atoms with van der Waals surface area (Å²) in [4.78, 5) is 50.9. The largest absolute Gasteiger partial charge is 0.0623 e. The van der Waals surface area contributed by atoms with E-state index in [1.165, 1.54) is 4.43 Å². The smallest absolute Gasteiger partial charge is 0.0623 e. The fraction of sp³-hybridized carbons (Fsp3) is 0.440. The molecule has 0 amide bonds. The van der Waals surface area contributed by atoms with E-state index in [0.717, 1.165) is 42.0 Å². The predicted octanol–water partition coefficient (Wildman–Crippen LogP) is 18.4. The molecule has 0 unspecified atom stereocenters. The van der Waals surface area contributed by atoms with E-state index in [9.17, 15) is 0 Å². The van der Waals surface area contributed by atoms with Crippen molar-refractivity contribution in [3.63, 3.8) is 0 Å². The molecule has 0 spiro atoms. The Labute approximate surface area is 542 Å². The normalized spacial score (nSPS) is 6.26. The van der Waals surface area contributed by atoms with E-state index in [2.05, 4.69) is 129 Å². The van der Waals surface area contributed by atoms with Crippen LogP contribution in [-0.2, 0) is 24.0 Å². The number of aliphatic hydroxyl groups is 2. The van der Waals surface area contributed by atoms with Crippen molar-refractivity contribution in [2.45, 2.75) is 104 Å². The zero-order valence-corrected chi connectivity index (χ0v) is 64.5.